The van der Waals surface area contributed by atoms with E-state index in [1.165, 1.54) is 0 Å². The van der Waals surface area contributed by atoms with Crippen molar-refractivity contribution in [3.05, 3.63) is 162 Å². The van der Waals surface area contributed by atoms with Crippen LogP contribution in [0.15, 0.2) is 134 Å². The maximum Gasteiger partial charge on any atom is 0.269 e. The summed E-state index contributed by atoms with van der Waals surface area (Å²) in [6.07, 6.45) is 0.949. The molecule has 1 fully saturated rings. The van der Waals surface area contributed by atoms with E-state index in [9.17, 15) is 9.90 Å². The summed E-state index contributed by atoms with van der Waals surface area (Å²) in [4.78, 5) is 32.7. The molecule has 0 saturated carbocycles. The number of anilines is 3. The number of carbonyl (C=O) groups is 2. The largest absolute Gasteiger partial charge is 0.497 e. The number of aliphatic hydroxyl groups excluding tert-OH is 1. The molecule has 6 aromatic rings. The molecule has 0 aliphatic carbocycles. The van der Waals surface area contributed by atoms with Gasteiger partial charge in [0.2, 0.25) is 0 Å². The average molecular weight is 790 g/mol. The topological polar surface area (TPSA) is 119 Å². The first kappa shape index (κ1) is 38.2. The molecule has 9 rings (SSSR count). The smallest absolute Gasteiger partial charge is 0.269 e. The van der Waals surface area contributed by atoms with Crippen LogP contribution in [0.2, 0.25) is 0 Å². The van der Waals surface area contributed by atoms with Crippen molar-refractivity contribution in [1.82, 2.24) is 15.0 Å². The number of benzene rings is 5. The van der Waals surface area contributed by atoms with Crippen molar-refractivity contribution >= 4 is 28.9 Å². The molecule has 59 heavy (non-hydrogen) atoms. The van der Waals surface area contributed by atoms with Crippen molar-refractivity contribution in [1.29, 1.82) is 0 Å². The van der Waals surface area contributed by atoms with E-state index in [-0.39, 0.29) is 30.3 Å². The lowest BCUT2D eigenvalue weighted by Crippen LogP contribution is -2.45. The first-order chi connectivity index (χ1) is 28.6. The number of methoxy groups -OCH3 is 1. The number of hydrogen-bond donors (Lipinski definition) is 1. The van der Waals surface area contributed by atoms with Crippen molar-refractivity contribution < 1.29 is 28.9 Å². The summed E-state index contributed by atoms with van der Waals surface area (Å²) in [6.45, 7) is 7.26. The average Bonchev–Trinajstić information content (AvgIpc) is 3.93. The number of ether oxygens (including phenoxy) is 3. The fourth-order valence-corrected chi connectivity index (χ4v) is 9.63. The second kappa shape index (κ2) is 15.1. The van der Waals surface area contributed by atoms with E-state index in [1.54, 1.807) is 22.9 Å². The molecular weight excluding hydrogens is 743 g/mol. The summed E-state index contributed by atoms with van der Waals surface area (Å²) in [5.41, 5.74) is 4.15. The highest BCUT2D eigenvalue weighted by Gasteiger charge is 2.66. The van der Waals surface area contributed by atoms with Crippen LogP contribution >= 0.6 is 0 Å². The van der Waals surface area contributed by atoms with Crippen LogP contribution in [-0.2, 0) is 38.4 Å². The third-order valence-electron chi connectivity index (χ3n) is 12.6. The quantitative estimate of drug-likeness (QED) is 0.141. The monoisotopic (exact) mass is 789 g/mol. The minimum Gasteiger partial charge on any atom is -0.497 e. The fourth-order valence-electron chi connectivity index (χ4n) is 9.63. The Morgan fingerprint density at radius 1 is 0.898 bits per heavy atom. The lowest BCUT2D eigenvalue weighted by molar-refractivity contribution is -0.146. The van der Waals surface area contributed by atoms with Crippen molar-refractivity contribution in [2.24, 2.45) is 11.8 Å². The molecule has 3 aliphatic heterocycles. The van der Waals surface area contributed by atoms with Crippen molar-refractivity contribution in [3.8, 4) is 11.5 Å². The van der Waals surface area contributed by atoms with Gasteiger partial charge in [0.25, 0.3) is 11.8 Å². The number of rotatable bonds is 11. The Bertz CT molecular complexity index is 2490. The van der Waals surface area contributed by atoms with Gasteiger partial charge in [-0.15, -0.1) is 5.10 Å². The van der Waals surface area contributed by atoms with Gasteiger partial charge in [0, 0.05) is 29.6 Å². The highest BCUT2D eigenvalue weighted by Crippen LogP contribution is 2.60. The molecule has 1 spiro atoms. The van der Waals surface area contributed by atoms with Gasteiger partial charge in [-0.05, 0) is 71.0 Å². The Kier molecular flexibility index (Phi) is 9.81. The van der Waals surface area contributed by atoms with Gasteiger partial charge in [-0.1, -0.05) is 111 Å². The van der Waals surface area contributed by atoms with Gasteiger partial charge in [-0.3, -0.25) is 19.2 Å². The van der Waals surface area contributed by atoms with E-state index in [0.717, 1.165) is 33.7 Å². The summed E-state index contributed by atoms with van der Waals surface area (Å²) in [7, 11) is 1.66. The van der Waals surface area contributed by atoms with E-state index >= 15 is 4.79 Å². The van der Waals surface area contributed by atoms with Crippen LogP contribution in [0.25, 0.3) is 0 Å². The van der Waals surface area contributed by atoms with E-state index in [1.807, 2.05) is 120 Å². The molecule has 300 valence electrons. The summed E-state index contributed by atoms with van der Waals surface area (Å²) in [5.74, 6) is 0.536. The van der Waals surface area contributed by atoms with Gasteiger partial charge in [0.15, 0.2) is 12.2 Å². The zero-order valence-corrected chi connectivity index (χ0v) is 33.6. The van der Waals surface area contributed by atoms with Crippen LogP contribution < -0.4 is 19.3 Å². The number of carbonyl (C=O) groups excluding carboxylic acids is 2. The molecule has 0 radical (unpaired) electrons. The first-order valence-corrected chi connectivity index (χ1v) is 20.1. The molecule has 11 heteroatoms. The maximum absolute atomic E-state index is 15.5. The number of amides is 2. The minimum atomic E-state index is -1.38. The van der Waals surface area contributed by atoms with Gasteiger partial charge in [-0.2, -0.15) is 0 Å². The number of aliphatic hydroxyl groups is 1. The van der Waals surface area contributed by atoms with Gasteiger partial charge >= 0.3 is 0 Å². The van der Waals surface area contributed by atoms with Gasteiger partial charge in [-0.25, -0.2) is 0 Å². The predicted octanol–water partition coefficient (Wildman–Crippen LogP) is 7.89. The summed E-state index contributed by atoms with van der Waals surface area (Å²) < 4.78 is 20.5. The van der Waals surface area contributed by atoms with E-state index < -0.39 is 23.2 Å². The number of fused-ring (bicyclic) bond motifs is 3. The van der Waals surface area contributed by atoms with Crippen LogP contribution in [0.3, 0.4) is 0 Å². The number of aryl methyl sites for hydroxylation is 1. The van der Waals surface area contributed by atoms with Gasteiger partial charge in [0.05, 0.1) is 37.3 Å². The van der Waals surface area contributed by atoms with Crippen molar-refractivity contribution in [2.75, 3.05) is 23.5 Å². The number of nitrogens with zero attached hydrogens (tertiary/aromatic N) is 5. The minimum absolute atomic E-state index is 0.0994. The molecule has 3 aliphatic rings. The first-order valence-electron chi connectivity index (χ1n) is 20.1. The van der Waals surface area contributed by atoms with Crippen molar-refractivity contribution in [3.63, 3.8) is 0 Å². The molecule has 1 saturated heterocycles. The predicted molar refractivity (Wildman–Crippen MR) is 224 cm³/mol. The van der Waals surface area contributed by atoms with Gasteiger partial charge in [0.1, 0.15) is 23.3 Å². The molecule has 0 unspecified atom stereocenters. The Balaban J connectivity index is 1.14. The van der Waals surface area contributed by atoms with Crippen molar-refractivity contribution in [2.45, 2.75) is 63.5 Å². The molecule has 0 bridgehead atoms. The molecule has 2 amide bonds. The SMILES string of the molecule is COc1ccc(C(C)(C)[C@H]2[C@H](CCn3cc([C@H](O)c4ccccc4)nn3)O[C@@]3(C(=O)N(Cc4ccccc4)c4ccc(N5C(=O)COc6ccccc65)cc43)[C@@H]2C)cc1. The number of para-hydroxylation sites is 2. The third kappa shape index (κ3) is 6.54. The second-order valence-corrected chi connectivity index (χ2v) is 16.2. The van der Waals surface area contributed by atoms with Crippen LogP contribution in [-0.4, -0.2) is 51.7 Å². The Morgan fingerprint density at radius 2 is 1.61 bits per heavy atom. The summed E-state index contributed by atoms with van der Waals surface area (Å²) >= 11 is 0. The molecule has 5 atom stereocenters. The zero-order valence-electron chi connectivity index (χ0n) is 33.6. The molecule has 11 nitrogen and oxygen atoms in total. The lowest BCUT2D eigenvalue weighted by Gasteiger charge is -2.39. The zero-order chi connectivity index (χ0) is 40.9. The molecule has 5 aromatic carbocycles. The van der Waals surface area contributed by atoms with Crippen LogP contribution in [0, 0.1) is 11.8 Å². The number of aromatic nitrogens is 3. The highest BCUT2D eigenvalue weighted by atomic mass is 16.5. The normalized spacial score (nSPS) is 21.7. The van der Waals surface area contributed by atoms with E-state index in [0.29, 0.717) is 42.3 Å². The Labute approximate surface area is 343 Å². The lowest BCUT2D eigenvalue weighted by atomic mass is 9.63. The summed E-state index contributed by atoms with van der Waals surface area (Å²) in [6, 6.07) is 40.8. The third-order valence-corrected chi connectivity index (χ3v) is 12.6. The van der Waals surface area contributed by atoms with Crippen LogP contribution in [0.4, 0.5) is 17.1 Å². The Hall–Kier alpha value is -6.30. The Morgan fingerprint density at radius 3 is 2.36 bits per heavy atom. The molecular formula is C48H47N5O6. The highest BCUT2D eigenvalue weighted by molar-refractivity contribution is 6.09. The summed E-state index contributed by atoms with van der Waals surface area (Å²) in [5, 5.41) is 19.8. The molecule has 1 aromatic heterocycles. The van der Waals surface area contributed by atoms with E-state index in [2.05, 4.69) is 43.2 Å². The second-order valence-electron chi connectivity index (χ2n) is 16.2. The molecule has 1 N–H and O–H groups in total. The molecule has 4 heterocycles. The fraction of sp³-hybridized carbons (Fsp3) is 0.292. The van der Waals surface area contributed by atoms with E-state index in [4.69, 9.17) is 14.2 Å². The van der Waals surface area contributed by atoms with Crippen LogP contribution in [0.1, 0.15) is 61.2 Å². The maximum atomic E-state index is 15.5. The standard InChI is InChI=1S/C48H47N5O6/c1-31-44(47(2,3)34-19-22-36(57-4)23-20-34)42(25-26-51-29-38(49-50-51)45(55)33-15-9-6-10-16-33)59-48(31)37-27-35(53-40-17-11-12-18-41(40)58-30-43(53)54)21-24-39(37)52(46(48)56)28-32-13-7-5-8-14-32/h5-24,27,29,31,42,44-45,55H,25-26,28,30H2,1-4H3/t31-,42+,44-,45-,48+/m1/s1. The van der Waals surface area contributed by atoms with Crippen LogP contribution in [0.5, 0.6) is 11.5 Å². The number of hydrogen-bond acceptors (Lipinski definition) is 8. The van der Waals surface area contributed by atoms with Gasteiger partial charge < -0.3 is 24.2 Å².